The summed E-state index contributed by atoms with van der Waals surface area (Å²) in [4.78, 5) is 11.2. The second-order valence-electron chi connectivity index (χ2n) is 5.27. The SMILES string of the molecule is CC(=O)Nc1cccc(OCCNS(=O)(=O)c2ccc(C)cc2)c1. The fourth-order valence-electron chi connectivity index (χ4n) is 2.01. The highest BCUT2D eigenvalue weighted by atomic mass is 32.2. The zero-order chi connectivity index (χ0) is 17.6. The number of rotatable bonds is 7. The molecule has 2 aromatic carbocycles. The molecule has 0 aromatic heterocycles. The zero-order valence-corrected chi connectivity index (χ0v) is 14.4. The van der Waals surface area contributed by atoms with Gasteiger partial charge in [0.05, 0.1) is 4.90 Å². The minimum absolute atomic E-state index is 0.139. The van der Waals surface area contributed by atoms with Crippen LogP contribution in [-0.2, 0) is 14.8 Å². The van der Waals surface area contributed by atoms with Crippen LogP contribution in [0, 0.1) is 6.92 Å². The highest BCUT2D eigenvalue weighted by Crippen LogP contribution is 2.17. The summed E-state index contributed by atoms with van der Waals surface area (Å²) in [5.41, 5.74) is 1.62. The molecule has 0 unspecified atom stereocenters. The predicted octanol–water partition coefficient (Wildman–Crippen LogP) is 2.31. The van der Waals surface area contributed by atoms with E-state index < -0.39 is 10.0 Å². The number of carbonyl (C=O) groups is 1. The van der Waals surface area contributed by atoms with Gasteiger partial charge in [-0.3, -0.25) is 4.79 Å². The molecule has 0 fully saturated rings. The van der Waals surface area contributed by atoms with Crippen molar-refractivity contribution >= 4 is 21.6 Å². The van der Waals surface area contributed by atoms with E-state index in [0.717, 1.165) is 5.56 Å². The highest BCUT2D eigenvalue weighted by Gasteiger charge is 2.12. The van der Waals surface area contributed by atoms with E-state index in [1.165, 1.54) is 6.92 Å². The van der Waals surface area contributed by atoms with Gasteiger partial charge in [0.2, 0.25) is 15.9 Å². The highest BCUT2D eigenvalue weighted by molar-refractivity contribution is 7.89. The number of carbonyl (C=O) groups excluding carboxylic acids is 1. The Balaban J connectivity index is 1.86. The Kier molecular flexibility index (Phi) is 5.94. The first kappa shape index (κ1) is 18.0. The Morgan fingerprint density at radius 1 is 1.12 bits per heavy atom. The lowest BCUT2D eigenvalue weighted by Gasteiger charge is -2.10. The average molecular weight is 348 g/mol. The molecule has 0 saturated carbocycles. The van der Waals surface area contributed by atoms with E-state index in [9.17, 15) is 13.2 Å². The van der Waals surface area contributed by atoms with Crippen molar-refractivity contribution in [2.75, 3.05) is 18.5 Å². The quantitative estimate of drug-likeness (QED) is 0.752. The van der Waals surface area contributed by atoms with Gasteiger partial charge in [-0.25, -0.2) is 13.1 Å². The summed E-state index contributed by atoms with van der Waals surface area (Å²) in [5, 5.41) is 2.66. The van der Waals surface area contributed by atoms with E-state index in [2.05, 4.69) is 10.0 Å². The van der Waals surface area contributed by atoms with Crippen molar-refractivity contribution in [2.24, 2.45) is 0 Å². The Morgan fingerprint density at radius 2 is 1.83 bits per heavy atom. The lowest BCUT2D eigenvalue weighted by Crippen LogP contribution is -2.28. The van der Waals surface area contributed by atoms with Crippen LogP contribution in [0.2, 0.25) is 0 Å². The lowest BCUT2D eigenvalue weighted by atomic mass is 10.2. The van der Waals surface area contributed by atoms with Gasteiger partial charge < -0.3 is 10.1 Å². The van der Waals surface area contributed by atoms with Crippen LogP contribution in [0.3, 0.4) is 0 Å². The van der Waals surface area contributed by atoms with Crippen LogP contribution in [0.4, 0.5) is 5.69 Å². The van der Waals surface area contributed by atoms with Gasteiger partial charge in [0.15, 0.2) is 0 Å². The molecule has 0 radical (unpaired) electrons. The standard InChI is InChI=1S/C17H20N2O4S/c1-13-6-8-17(9-7-13)24(21,22)18-10-11-23-16-5-3-4-15(12-16)19-14(2)20/h3-9,12,18H,10-11H2,1-2H3,(H,19,20). The van der Waals surface area contributed by atoms with E-state index in [-0.39, 0.29) is 24.0 Å². The second-order valence-corrected chi connectivity index (χ2v) is 7.04. The van der Waals surface area contributed by atoms with Crippen molar-refractivity contribution in [2.45, 2.75) is 18.7 Å². The topological polar surface area (TPSA) is 84.5 Å². The molecule has 0 heterocycles. The molecule has 2 rings (SSSR count). The maximum atomic E-state index is 12.1. The van der Waals surface area contributed by atoms with Crippen LogP contribution in [0.25, 0.3) is 0 Å². The van der Waals surface area contributed by atoms with E-state index in [4.69, 9.17) is 4.74 Å². The smallest absolute Gasteiger partial charge is 0.240 e. The van der Waals surface area contributed by atoms with Crippen molar-refractivity contribution in [1.29, 1.82) is 0 Å². The first-order valence-electron chi connectivity index (χ1n) is 7.43. The van der Waals surface area contributed by atoms with E-state index in [1.807, 2.05) is 6.92 Å². The normalized spacial score (nSPS) is 11.1. The molecule has 2 aromatic rings. The van der Waals surface area contributed by atoms with Crippen LogP contribution in [-0.4, -0.2) is 27.5 Å². The number of nitrogens with one attached hydrogen (secondary N) is 2. The van der Waals surface area contributed by atoms with Gasteiger partial charge in [-0.1, -0.05) is 23.8 Å². The summed E-state index contributed by atoms with van der Waals surface area (Å²) in [6.45, 7) is 3.63. The molecule has 0 spiro atoms. The van der Waals surface area contributed by atoms with Crippen molar-refractivity contribution in [3.05, 3.63) is 54.1 Å². The molecule has 24 heavy (non-hydrogen) atoms. The molecule has 128 valence electrons. The summed E-state index contributed by atoms with van der Waals surface area (Å²) in [6, 6.07) is 13.5. The van der Waals surface area contributed by atoms with Gasteiger partial charge in [0, 0.05) is 25.2 Å². The van der Waals surface area contributed by atoms with Crippen molar-refractivity contribution in [3.8, 4) is 5.75 Å². The first-order chi connectivity index (χ1) is 11.4. The maximum absolute atomic E-state index is 12.1. The third-order valence-electron chi connectivity index (χ3n) is 3.15. The summed E-state index contributed by atoms with van der Waals surface area (Å²) >= 11 is 0. The van der Waals surface area contributed by atoms with Gasteiger partial charge >= 0.3 is 0 Å². The third kappa shape index (κ3) is 5.36. The van der Waals surface area contributed by atoms with Crippen LogP contribution in [0.5, 0.6) is 5.75 Å². The third-order valence-corrected chi connectivity index (χ3v) is 4.63. The second kappa shape index (κ2) is 7.94. The van der Waals surface area contributed by atoms with Crippen LogP contribution in [0.1, 0.15) is 12.5 Å². The predicted molar refractivity (Wildman–Crippen MR) is 92.6 cm³/mol. The summed E-state index contributed by atoms with van der Waals surface area (Å²) < 4.78 is 32.2. The molecular weight excluding hydrogens is 328 g/mol. The molecule has 0 bridgehead atoms. The number of hydrogen-bond acceptors (Lipinski definition) is 4. The Morgan fingerprint density at radius 3 is 2.50 bits per heavy atom. The van der Waals surface area contributed by atoms with Crippen LogP contribution in [0.15, 0.2) is 53.4 Å². The lowest BCUT2D eigenvalue weighted by molar-refractivity contribution is -0.114. The fraction of sp³-hybridized carbons (Fsp3) is 0.235. The number of hydrogen-bond donors (Lipinski definition) is 2. The number of benzene rings is 2. The van der Waals surface area contributed by atoms with E-state index >= 15 is 0 Å². The number of aryl methyl sites for hydroxylation is 1. The zero-order valence-electron chi connectivity index (χ0n) is 13.6. The molecule has 6 nitrogen and oxygen atoms in total. The molecule has 2 N–H and O–H groups in total. The van der Waals surface area contributed by atoms with Crippen LogP contribution >= 0.6 is 0 Å². The molecule has 0 aliphatic heterocycles. The average Bonchev–Trinajstić information content (AvgIpc) is 2.52. The molecule has 0 aliphatic rings. The summed E-state index contributed by atoms with van der Waals surface area (Å²) in [5.74, 6) is 0.383. The Hall–Kier alpha value is -2.38. The molecular formula is C17H20N2O4S. The monoisotopic (exact) mass is 348 g/mol. The van der Waals surface area contributed by atoms with E-state index in [1.54, 1.807) is 48.5 Å². The Bertz CT molecular complexity index is 802. The van der Waals surface area contributed by atoms with Crippen molar-refractivity contribution < 1.29 is 17.9 Å². The van der Waals surface area contributed by atoms with Gasteiger partial charge in [-0.05, 0) is 31.2 Å². The minimum atomic E-state index is -3.54. The van der Waals surface area contributed by atoms with Crippen molar-refractivity contribution in [3.63, 3.8) is 0 Å². The number of amides is 1. The van der Waals surface area contributed by atoms with Gasteiger partial charge in [-0.2, -0.15) is 0 Å². The molecule has 1 amide bonds. The number of sulfonamides is 1. The summed E-state index contributed by atoms with van der Waals surface area (Å²) in [6.07, 6.45) is 0. The molecule has 7 heteroatoms. The minimum Gasteiger partial charge on any atom is -0.492 e. The number of anilines is 1. The maximum Gasteiger partial charge on any atom is 0.240 e. The van der Waals surface area contributed by atoms with Gasteiger partial charge in [0.1, 0.15) is 12.4 Å². The number of ether oxygens (including phenoxy) is 1. The van der Waals surface area contributed by atoms with E-state index in [0.29, 0.717) is 11.4 Å². The molecule has 0 saturated heterocycles. The molecule has 0 aliphatic carbocycles. The van der Waals surface area contributed by atoms with Gasteiger partial charge in [0.25, 0.3) is 0 Å². The fourth-order valence-corrected chi connectivity index (χ4v) is 3.03. The molecule has 0 atom stereocenters. The first-order valence-corrected chi connectivity index (χ1v) is 8.92. The largest absolute Gasteiger partial charge is 0.492 e. The van der Waals surface area contributed by atoms with Crippen molar-refractivity contribution in [1.82, 2.24) is 4.72 Å². The summed E-state index contributed by atoms with van der Waals surface area (Å²) in [7, 11) is -3.54. The van der Waals surface area contributed by atoms with Crippen LogP contribution < -0.4 is 14.8 Å². The van der Waals surface area contributed by atoms with Gasteiger partial charge in [-0.15, -0.1) is 0 Å². The Labute approximate surface area is 141 Å².